The first-order valence-corrected chi connectivity index (χ1v) is 7.85. The van der Waals surface area contributed by atoms with Crippen molar-refractivity contribution in [1.82, 2.24) is 0 Å². The van der Waals surface area contributed by atoms with Gasteiger partial charge in [-0.1, -0.05) is 30.3 Å². The first-order chi connectivity index (χ1) is 11.8. The average Bonchev–Trinajstić information content (AvgIpc) is 2.56. The lowest BCUT2D eigenvalue weighted by molar-refractivity contribution is -0.250. The summed E-state index contributed by atoms with van der Waals surface area (Å²) < 4.78 is 15.4. The predicted molar refractivity (Wildman–Crippen MR) is 84.1 cm³/mol. The molecule has 8 heteroatoms. The van der Waals surface area contributed by atoms with Crippen molar-refractivity contribution >= 4 is 11.9 Å². The maximum atomic E-state index is 11.2. The van der Waals surface area contributed by atoms with Gasteiger partial charge in [0.1, 0.15) is 24.4 Å². The number of hydrogen-bond acceptors (Lipinski definition) is 8. The number of esters is 2. The number of ether oxygens (including phenoxy) is 3. The third-order valence-corrected chi connectivity index (χ3v) is 3.91. The smallest absolute Gasteiger partial charge is 0.303 e. The summed E-state index contributed by atoms with van der Waals surface area (Å²) in [5.74, 6) is -1.47. The molecule has 25 heavy (non-hydrogen) atoms. The van der Waals surface area contributed by atoms with Gasteiger partial charge in [-0.15, -0.1) is 0 Å². The minimum atomic E-state index is -1.59. The fourth-order valence-corrected chi connectivity index (χ4v) is 2.79. The lowest BCUT2D eigenvalue weighted by atomic mass is 9.84. The third-order valence-electron chi connectivity index (χ3n) is 3.91. The van der Waals surface area contributed by atoms with Gasteiger partial charge in [-0.25, -0.2) is 0 Å². The van der Waals surface area contributed by atoms with Crippen LogP contribution in [0, 0.1) is 0 Å². The molecule has 0 saturated heterocycles. The van der Waals surface area contributed by atoms with Crippen molar-refractivity contribution in [2.24, 2.45) is 0 Å². The highest BCUT2D eigenvalue weighted by molar-refractivity contribution is 5.67. The lowest BCUT2D eigenvalue weighted by Gasteiger charge is -2.44. The second-order valence-electron chi connectivity index (χ2n) is 5.88. The SMILES string of the molecule is CC(=O)OC1C(O)C(OCc2ccccc2)C(O)C(OC(C)=O)C1O. The van der Waals surface area contributed by atoms with Crippen LogP contribution in [0.5, 0.6) is 0 Å². The molecule has 0 radical (unpaired) electrons. The highest BCUT2D eigenvalue weighted by Crippen LogP contribution is 2.29. The Morgan fingerprint density at radius 3 is 1.72 bits per heavy atom. The standard InChI is InChI=1S/C17H22O8/c1-9(18)24-16-12(20)15(23-8-11-6-4-3-5-7-11)13(21)17(14(16)22)25-10(2)19/h3-7,12-17,20-22H,8H2,1-2H3. The van der Waals surface area contributed by atoms with Crippen LogP contribution in [-0.4, -0.2) is 63.9 Å². The highest BCUT2D eigenvalue weighted by Gasteiger charge is 2.53. The highest BCUT2D eigenvalue weighted by atomic mass is 16.6. The van der Waals surface area contributed by atoms with Crippen molar-refractivity contribution in [2.45, 2.75) is 57.1 Å². The molecule has 3 N–H and O–H groups in total. The van der Waals surface area contributed by atoms with Crippen molar-refractivity contribution in [1.29, 1.82) is 0 Å². The van der Waals surface area contributed by atoms with Crippen molar-refractivity contribution in [2.75, 3.05) is 0 Å². The summed E-state index contributed by atoms with van der Waals surface area (Å²) in [5.41, 5.74) is 0.793. The van der Waals surface area contributed by atoms with E-state index in [0.29, 0.717) is 0 Å². The Labute approximate surface area is 144 Å². The van der Waals surface area contributed by atoms with Gasteiger partial charge in [-0.3, -0.25) is 9.59 Å². The number of aliphatic hydroxyl groups is 3. The molecule has 0 bridgehead atoms. The van der Waals surface area contributed by atoms with Gasteiger partial charge in [-0.2, -0.15) is 0 Å². The van der Waals surface area contributed by atoms with Gasteiger partial charge >= 0.3 is 11.9 Å². The molecule has 1 aromatic rings. The van der Waals surface area contributed by atoms with Crippen LogP contribution in [0.25, 0.3) is 0 Å². The summed E-state index contributed by atoms with van der Waals surface area (Å²) in [6, 6.07) is 9.03. The van der Waals surface area contributed by atoms with Gasteiger partial charge in [-0.05, 0) is 5.56 Å². The second kappa shape index (κ2) is 8.39. The summed E-state index contributed by atoms with van der Waals surface area (Å²) in [6.07, 6.45) is -8.60. The molecule has 1 aliphatic rings. The molecule has 1 fully saturated rings. The average molecular weight is 354 g/mol. The lowest BCUT2D eigenvalue weighted by Crippen LogP contribution is -2.66. The normalized spacial score (nSPS) is 32.0. The van der Waals surface area contributed by atoms with Crippen LogP contribution in [-0.2, 0) is 30.4 Å². The number of aliphatic hydroxyl groups excluding tert-OH is 3. The van der Waals surface area contributed by atoms with E-state index in [1.165, 1.54) is 0 Å². The van der Waals surface area contributed by atoms with Crippen molar-refractivity contribution in [3.05, 3.63) is 35.9 Å². The van der Waals surface area contributed by atoms with Crippen LogP contribution in [0.15, 0.2) is 30.3 Å². The summed E-state index contributed by atoms with van der Waals surface area (Å²) in [7, 11) is 0. The van der Waals surface area contributed by atoms with E-state index in [2.05, 4.69) is 0 Å². The molecule has 2 rings (SSSR count). The van der Waals surface area contributed by atoms with E-state index in [1.807, 2.05) is 6.07 Å². The van der Waals surface area contributed by atoms with Crippen molar-refractivity contribution in [3.8, 4) is 0 Å². The topological polar surface area (TPSA) is 123 Å². The summed E-state index contributed by atoms with van der Waals surface area (Å²) in [4.78, 5) is 22.5. The summed E-state index contributed by atoms with van der Waals surface area (Å²) in [5, 5.41) is 31.0. The number of benzene rings is 1. The molecule has 4 atom stereocenters. The van der Waals surface area contributed by atoms with E-state index < -0.39 is 48.6 Å². The number of carbonyl (C=O) groups excluding carboxylic acids is 2. The van der Waals surface area contributed by atoms with Crippen molar-refractivity contribution in [3.63, 3.8) is 0 Å². The fraction of sp³-hybridized carbons (Fsp3) is 0.529. The third kappa shape index (κ3) is 4.76. The van der Waals surface area contributed by atoms with E-state index >= 15 is 0 Å². The summed E-state index contributed by atoms with van der Waals surface area (Å²) in [6.45, 7) is 2.30. The Morgan fingerprint density at radius 1 is 0.840 bits per heavy atom. The van der Waals surface area contributed by atoms with Crippen LogP contribution in [0.4, 0.5) is 0 Å². The maximum absolute atomic E-state index is 11.2. The van der Waals surface area contributed by atoms with Crippen LogP contribution in [0.3, 0.4) is 0 Å². The van der Waals surface area contributed by atoms with Gasteiger partial charge < -0.3 is 29.5 Å². The molecule has 0 heterocycles. The minimum absolute atomic E-state index is 0.0648. The Balaban J connectivity index is 2.19. The zero-order chi connectivity index (χ0) is 18.6. The van der Waals surface area contributed by atoms with Crippen LogP contribution in [0.1, 0.15) is 19.4 Å². The predicted octanol–water partition coefficient (Wildman–Crippen LogP) is -0.469. The largest absolute Gasteiger partial charge is 0.457 e. The van der Waals surface area contributed by atoms with Gasteiger partial charge in [0.15, 0.2) is 12.2 Å². The minimum Gasteiger partial charge on any atom is -0.457 e. The van der Waals surface area contributed by atoms with Crippen LogP contribution in [0.2, 0.25) is 0 Å². The first kappa shape index (κ1) is 19.3. The molecular formula is C17H22O8. The Bertz CT molecular complexity index is 560. The fourth-order valence-electron chi connectivity index (χ4n) is 2.79. The van der Waals surface area contributed by atoms with E-state index in [1.54, 1.807) is 24.3 Å². The number of rotatable bonds is 5. The van der Waals surface area contributed by atoms with Gasteiger partial charge in [0, 0.05) is 13.8 Å². The molecule has 1 aromatic carbocycles. The Kier molecular flexibility index (Phi) is 6.49. The van der Waals surface area contributed by atoms with Crippen LogP contribution < -0.4 is 0 Å². The van der Waals surface area contributed by atoms with E-state index in [-0.39, 0.29) is 6.61 Å². The maximum Gasteiger partial charge on any atom is 0.303 e. The quantitative estimate of drug-likeness (QED) is 0.607. The second-order valence-corrected chi connectivity index (χ2v) is 5.88. The first-order valence-electron chi connectivity index (χ1n) is 7.85. The molecule has 1 saturated carbocycles. The zero-order valence-corrected chi connectivity index (χ0v) is 13.9. The van der Waals surface area contributed by atoms with E-state index in [9.17, 15) is 24.9 Å². The van der Waals surface area contributed by atoms with Crippen LogP contribution >= 0.6 is 0 Å². The van der Waals surface area contributed by atoms with Gasteiger partial charge in [0.2, 0.25) is 0 Å². The molecule has 8 nitrogen and oxygen atoms in total. The summed E-state index contributed by atoms with van der Waals surface area (Å²) >= 11 is 0. The Hall–Kier alpha value is -2.00. The number of hydrogen-bond donors (Lipinski definition) is 3. The van der Waals surface area contributed by atoms with Crippen molar-refractivity contribution < 1.29 is 39.1 Å². The molecule has 0 aromatic heterocycles. The molecule has 0 spiro atoms. The van der Waals surface area contributed by atoms with Gasteiger partial charge in [0.25, 0.3) is 0 Å². The molecule has 4 unspecified atom stereocenters. The van der Waals surface area contributed by atoms with Gasteiger partial charge in [0.05, 0.1) is 6.61 Å². The monoisotopic (exact) mass is 354 g/mol. The molecule has 1 aliphatic carbocycles. The molecule has 0 amide bonds. The molecule has 0 aliphatic heterocycles. The molecule has 138 valence electrons. The number of carbonyl (C=O) groups is 2. The molecular weight excluding hydrogens is 332 g/mol. The Morgan fingerprint density at radius 2 is 1.28 bits per heavy atom. The zero-order valence-electron chi connectivity index (χ0n) is 13.9. The van der Waals surface area contributed by atoms with E-state index in [0.717, 1.165) is 19.4 Å². The van der Waals surface area contributed by atoms with E-state index in [4.69, 9.17) is 14.2 Å².